The predicted octanol–water partition coefficient (Wildman–Crippen LogP) is 4.74. The molecule has 2 N–H and O–H groups in total. The zero-order chi connectivity index (χ0) is 19.0. The number of halogens is 2. The fourth-order valence-corrected chi connectivity index (χ4v) is 4.24. The molecule has 2 aliphatic rings. The summed E-state index contributed by atoms with van der Waals surface area (Å²) in [6.07, 6.45) is 2.27. The standard InChI is InChI=1S/C21H22ClFN2O2/c1-2-21(16-11-13(22)3-5-18(16)25-20(21)24)17-12-14(23)4-6-19(17)27-15-7-9-26-10-8-15/h3-6,11-12,15H,2,7-10H2,1H3,(H2,24,25). The van der Waals surface area contributed by atoms with Crippen molar-refractivity contribution in [1.29, 1.82) is 0 Å². The number of hydrogen-bond acceptors (Lipinski definition) is 4. The van der Waals surface area contributed by atoms with Gasteiger partial charge in [-0.1, -0.05) is 18.5 Å². The molecule has 6 heteroatoms. The topological polar surface area (TPSA) is 56.8 Å². The van der Waals surface area contributed by atoms with Crippen LogP contribution in [0.5, 0.6) is 5.75 Å². The number of benzene rings is 2. The second-order valence-corrected chi connectivity index (χ2v) is 7.42. The highest BCUT2D eigenvalue weighted by molar-refractivity contribution is 6.30. The van der Waals surface area contributed by atoms with Crippen molar-refractivity contribution in [3.8, 4) is 5.75 Å². The molecule has 27 heavy (non-hydrogen) atoms. The van der Waals surface area contributed by atoms with Crippen LogP contribution in [0.15, 0.2) is 41.4 Å². The minimum absolute atomic E-state index is 0.0373. The highest BCUT2D eigenvalue weighted by Gasteiger charge is 2.45. The number of fused-ring (bicyclic) bond motifs is 1. The van der Waals surface area contributed by atoms with E-state index in [1.54, 1.807) is 12.1 Å². The number of aliphatic imine (C=N–C) groups is 1. The molecule has 142 valence electrons. The minimum atomic E-state index is -0.761. The highest BCUT2D eigenvalue weighted by atomic mass is 35.5. The third-order valence-corrected chi connectivity index (χ3v) is 5.73. The van der Waals surface area contributed by atoms with Crippen LogP contribution >= 0.6 is 11.6 Å². The Hall–Kier alpha value is -2.11. The molecule has 2 aromatic carbocycles. The van der Waals surface area contributed by atoms with E-state index < -0.39 is 5.41 Å². The van der Waals surface area contributed by atoms with Gasteiger partial charge in [-0.3, -0.25) is 0 Å². The Morgan fingerprint density at radius 1 is 1.22 bits per heavy atom. The first-order chi connectivity index (χ1) is 13.0. The summed E-state index contributed by atoms with van der Waals surface area (Å²) < 4.78 is 26.0. The quantitative estimate of drug-likeness (QED) is 0.823. The zero-order valence-corrected chi connectivity index (χ0v) is 15.9. The van der Waals surface area contributed by atoms with Gasteiger partial charge in [0.2, 0.25) is 0 Å². The highest BCUT2D eigenvalue weighted by Crippen LogP contribution is 2.49. The lowest BCUT2D eigenvalue weighted by Crippen LogP contribution is -2.40. The molecule has 1 unspecified atom stereocenters. The Morgan fingerprint density at radius 2 is 2.00 bits per heavy atom. The van der Waals surface area contributed by atoms with Crippen molar-refractivity contribution >= 4 is 23.1 Å². The molecule has 1 atom stereocenters. The SMILES string of the molecule is CCC1(c2cc(F)ccc2OC2CCOCC2)C(N)=Nc2ccc(Cl)cc21. The first kappa shape index (κ1) is 18.3. The first-order valence-corrected chi connectivity index (χ1v) is 9.61. The monoisotopic (exact) mass is 388 g/mol. The van der Waals surface area contributed by atoms with Crippen LogP contribution in [-0.4, -0.2) is 25.2 Å². The summed E-state index contributed by atoms with van der Waals surface area (Å²) in [5.74, 6) is 0.737. The molecule has 0 bridgehead atoms. The zero-order valence-electron chi connectivity index (χ0n) is 15.2. The van der Waals surface area contributed by atoms with Crippen LogP contribution in [0, 0.1) is 5.82 Å². The average Bonchev–Trinajstić information content (AvgIpc) is 2.95. The van der Waals surface area contributed by atoms with Gasteiger partial charge < -0.3 is 15.2 Å². The van der Waals surface area contributed by atoms with Gasteiger partial charge in [0.15, 0.2) is 0 Å². The maximum Gasteiger partial charge on any atom is 0.124 e. The van der Waals surface area contributed by atoms with E-state index >= 15 is 0 Å². The molecule has 1 saturated heterocycles. The van der Waals surface area contributed by atoms with Crippen molar-refractivity contribution in [3.05, 3.63) is 58.4 Å². The van der Waals surface area contributed by atoms with Crippen LogP contribution in [-0.2, 0) is 10.2 Å². The predicted molar refractivity (Wildman–Crippen MR) is 105 cm³/mol. The summed E-state index contributed by atoms with van der Waals surface area (Å²) in [6, 6.07) is 10.1. The molecule has 0 spiro atoms. The van der Waals surface area contributed by atoms with E-state index in [1.807, 2.05) is 19.1 Å². The lowest BCUT2D eigenvalue weighted by atomic mass is 9.72. The summed E-state index contributed by atoms with van der Waals surface area (Å²) in [5, 5.41) is 0.597. The second-order valence-electron chi connectivity index (χ2n) is 6.99. The lowest BCUT2D eigenvalue weighted by Gasteiger charge is -2.33. The van der Waals surface area contributed by atoms with Crippen molar-refractivity contribution < 1.29 is 13.9 Å². The smallest absolute Gasteiger partial charge is 0.124 e. The molecule has 2 aliphatic heterocycles. The summed E-state index contributed by atoms with van der Waals surface area (Å²) in [4.78, 5) is 4.55. The van der Waals surface area contributed by atoms with E-state index in [0.717, 1.165) is 24.1 Å². The number of ether oxygens (including phenoxy) is 2. The molecule has 4 nitrogen and oxygen atoms in total. The number of amidine groups is 1. The van der Waals surface area contributed by atoms with Crippen LogP contribution in [0.4, 0.5) is 10.1 Å². The molecule has 1 fully saturated rings. The summed E-state index contributed by atoms with van der Waals surface area (Å²) in [7, 11) is 0. The van der Waals surface area contributed by atoms with E-state index in [4.69, 9.17) is 26.8 Å². The molecule has 0 aliphatic carbocycles. The number of nitrogens with zero attached hydrogens (tertiary/aromatic N) is 1. The van der Waals surface area contributed by atoms with Gasteiger partial charge >= 0.3 is 0 Å². The van der Waals surface area contributed by atoms with E-state index in [-0.39, 0.29) is 11.9 Å². The normalized spacial score (nSPS) is 22.4. The van der Waals surface area contributed by atoms with E-state index in [9.17, 15) is 4.39 Å². The molecule has 4 rings (SSSR count). The molecular weight excluding hydrogens is 367 g/mol. The molecule has 2 aromatic rings. The summed E-state index contributed by atoms with van der Waals surface area (Å²) >= 11 is 6.26. The third-order valence-electron chi connectivity index (χ3n) is 5.49. The maximum absolute atomic E-state index is 14.3. The average molecular weight is 389 g/mol. The molecular formula is C21H22ClFN2O2. The first-order valence-electron chi connectivity index (χ1n) is 9.23. The summed E-state index contributed by atoms with van der Waals surface area (Å²) in [6.45, 7) is 3.35. The third kappa shape index (κ3) is 3.09. The Kier molecular flexibility index (Phi) is 4.82. The maximum atomic E-state index is 14.3. The van der Waals surface area contributed by atoms with Crippen molar-refractivity contribution in [2.45, 2.75) is 37.7 Å². The molecule has 0 radical (unpaired) electrons. The van der Waals surface area contributed by atoms with E-state index in [2.05, 4.69) is 4.99 Å². The molecule has 0 amide bonds. The number of nitrogens with two attached hydrogens (primary N) is 1. The van der Waals surface area contributed by atoms with E-state index in [0.29, 0.717) is 41.8 Å². The Labute approximate surface area is 163 Å². The van der Waals surface area contributed by atoms with Crippen molar-refractivity contribution in [2.75, 3.05) is 13.2 Å². The minimum Gasteiger partial charge on any atom is -0.490 e. The van der Waals surface area contributed by atoms with Crippen LogP contribution in [0.3, 0.4) is 0 Å². The van der Waals surface area contributed by atoms with Gasteiger partial charge in [0.25, 0.3) is 0 Å². The largest absolute Gasteiger partial charge is 0.490 e. The van der Waals surface area contributed by atoms with Gasteiger partial charge in [-0.15, -0.1) is 0 Å². The van der Waals surface area contributed by atoms with Crippen LogP contribution in [0.2, 0.25) is 5.02 Å². The van der Waals surface area contributed by atoms with Crippen molar-refractivity contribution in [2.24, 2.45) is 10.7 Å². The second kappa shape index (κ2) is 7.13. The number of rotatable bonds is 4. The van der Waals surface area contributed by atoms with Gasteiger partial charge in [-0.2, -0.15) is 0 Å². The van der Waals surface area contributed by atoms with Gasteiger partial charge in [0.05, 0.1) is 24.3 Å². The Balaban J connectivity index is 1.85. The molecule has 0 aromatic heterocycles. The van der Waals surface area contributed by atoms with Crippen molar-refractivity contribution in [3.63, 3.8) is 0 Å². The fourth-order valence-electron chi connectivity index (χ4n) is 4.07. The van der Waals surface area contributed by atoms with Gasteiger partial charge in [-0.25, -0.2) is 9.38 Å². The van der Waals surface area contributed by atoms with Crippen molar-refractivity contribution in [1.82, 2.24) is 0 Å². The van der Waals surface area contributed by atoms with Crippen LogP contribution in [0.1, 0.15) is 37.3 Å². The Bertz CT molecular complexity index is 896. The van der Waals surface area contributed by atoms with Gasteiger partial charge in [0, 0.05) is 23.4 Å². The lowest BCUT2D eigenvalue weighted by molar-refractivity contribution is 0.0249. The number of hydrogen-bond donors (Lipinski definition) is 1. The fraction of sp³-hybridized carbons (Fsp3) is 0.381. The van der Waals surface area contributed by atoms with E-state index in [1.165, 1.54) is 12.1 Å². The summed E-state index contributed by atoms with van der Waals surface area (Å²) in [5.41, 5.74) is 8.00. The van der Waals surface area contributed by atoms with Gasteiger partial charge in [0.1, 0.15) is 23.5 Å². The van der Waals surface area contributed by atoms with Crippen LogP contribution in [0.25, 0.3) is 0 Å². The van der Waals surface area contributed by atoms with Gasteiger partial charge in [-0.05, 0) is 48.4 Å². The Morgan fingerprint density at radius 3 is 2.74 bits per heavy atom. The molecule has 0 saturated carbocycles. The van der Waals surface area contributed by atoms with Crippen LogP contribution < -0.4 is 10.5 Å². The molecule has 2 heterocycles.